The Hall–Kier alpha value is -1.59. The summed E-state index contributed by atoms with van der Waals surface area (Å²) >= 11 is 0. The first-order chi connectivity index (χ1) is 8.27. The third kappa shape index (κ3) is 3.21. The summed E-state index contributed by atoms with van der Waals surface area (Å²) in [5, 5.41) is 0. The van der Waals surface area contributed by atoms with Crippen LogP contribution in [0.15, 0.2) is 23.0 Å². The van der Waals surface area contributed by atoms with Gasteiger partial charge in [-0.3, -0.25) is 14.2 Å². The third-order valence-corrected chi connectivity index (χ3v) is 2.82. The lowest BCUT2D eigenvalue weighted by Crippen LogP contribution is -2.31. The van der Waals surface area contributed by atoms with E-state index in [4.69, 9.17) is 0 Å². The summed E-state index contributed by atoms with van der Waals surface area (Å²) in [5.74, 6) is -0.741. The Morgan fingerprint density at radius 2 is 2.00 bits per heavy atom. The van der Waals surface area contributed by atoms with E-state index in [2.05, 4.69) is 0 Å². The molecule has 1 atom stereocenters. The van der Waals surface area contributed by atoms with Crippen LogP contribution < -0.4 is 5.56 Å². The van der Waals surface area contributed by atoms with Gasteiger partial charge in [0, 0.05) is 12.0 Å². The summed E-state index contributed by atoms with van der Waals surface area (Å²) in [7, 11) is 0. The van der Waals surface area contributed by atoms with Crippen molar-refractivity contribution in [3.63, 3.8) is 0 Å². The summed E-state index contributed by atoms with van der Waals surface area (Å²) in [6.07, 6.45) is -4.11. The lowest BCUT2D eigenvalue weighted by atomic mass is 10.0. The molecule has 0 aliphatic heterocycles. The zero-order valence-electron chi connectivity index (χ0n) is 10.1. The van der Waals surface area contributed by atoms with Gasteiger partial charge in [-0.15, -0.1) is 0 Å². The molecule has 1 aromatic heterocycles. The third-order valence-electron chi connectivity index (χ3n) is 2.82. The highest BCUT2D eigenvalue weighted by atomic mass is 19.4. The fourth-order valence-electron chi connectivity index (χ4n) is 1.47. The summed E-state index contributed by atoms with van der Waals surface area (Å²) in [6.45, 7) is 2.86. The smallest absolute Gasteiger partial charge is 0.297 e. The number of ketones is 1. The van der Waals surface area contributed by atoms with Crippen molar-refractivity contribution in [2.45, 2.75) is 33.0 Å². The number of hydrogen-bond donors (Lipinski definition) is 0. The zero-order chi connectivity index (χ0) is 13.9. The van der Waals surface area contributed by atoms with Crippen LogP contribution in [0.2, 0.25) is 0 Å². The number of rotatable bonds is 4. The number of alkyl halides is 3. The van der Waals surface area contributed by atoms with E-state index in [0.29, 0.717) is 11.0 Å². The number of hydrogen-bond acceptors (Lipinski definition) is 2. The van der Waals surface area contributed by atoms with E-state index in [1.165, 1.54) is 0 Å². The molecule has 0 amide bonds. The minimum absolute atomic E-state index is 0.363. The molecule has 0 saturated carbocycles. The molecule has 0 fully saturated rings. The van der Waals surface area contributed by atoms with Crippen LogP contribution in [0.1, 0.15) is 26.0 Å². The lowest BCUT2D eigenvalue weighted by Gasteiger charge is -2.15. The van der Waals surface area contributed by atoms with Gasteiger partial charge in [-0.1, -0.05) is 19.9 Å². The SMILES string of the molecule is CCC(C)C(=O)Cn1c(C(F)(F)F)cccc1=O. The monoisotopic (exact) mass is 261 g/mol. The number of aromatic nitrogens is 1. The van der Waals surface area contributed by atoms with Gasteiger partial charge in [0.25, 0.3) is 5.56 Å². The van der Waals surface area contributed by atoms with Crippen LogP contribution in [0.5, 0.6) is 0 Å². The van der Waals surface area contributed by atoms with Crippen LogP contribution in [-0.2, 0) is 17.5 Å². The van der Waals surface area contributed by atoms with E-state index in [1.807, 2.05) is 0 Å². The summed E-state index contributed by atoms with van der Waals surface area (Å²) in [4.78, 5) is 23.1. The maximum atomic E-state index is 12.7. The van der Waals surface area contributed by atoms with Crippen LogP contribution in [-0.4, -0.2) is 10.4 Å². The van der Waals surface area contributed by atoms with Crippen molar-refractivity contribution in [2.75, 3.05) is 0 Å². The molecular weight excluding hydrogens is 247 g/mol. The fraction of sp³-hybridized carbons (Fsp3) is 0.500. The van der Waals surface area contributed by atoms with Crippen molar-refractivity contribution in [1.29, 1.82) is 0 Å². The molecule has 0 spiro atoms. The molecule has 0 bridgehead atoms. The van der Waals surface area contributed by atoms with E-state index in [1.54, 1.807) is 13.8 Å². The van der Waals surface area contributed by atoms with E-state index >= 15 is 0 Å². The van der Waals surface area contributed by atoms with Crippen molar-refractivity contribution in [3.8, 4) is 0 Å². The van der Waals surface area contributed by atoms with Crippen LogP contribution in [0.25, 0.3) is 0 Å². The van der Waals surface area contributed by atoms with Crippen molar-refractivity contribution in [2.24, 2.45) is 5.92 Å². The van der Waals surface area contributed by atoms with Crippen LogP contribution in [0, 0.1) is 5.92 Å². The first-order valence-electron chi connectivity index (χ1n) is 5.57. The van der Waals surface area contributed by atoms with Crippen LogP contribution in [0.4, 0.5) is 13.2 Å². The van der Waals surface area contributed by atoms with Crippen molar-refractivity contribution in [3.05, 3.63) is 34.2 Å². The summed E-state index contributed by atoms with van der Waals surface area (Å²) in [6, 6.07) is 2.85. The second-order valence-electron chi connectivity index (χ2n) is 4.11. The fourth-order valence-corrected chi connectivity index (χ4v) is 1.47. The lowest BCUT2D eigenvalue weighted by molar-refractivity contribution is -0.144. The van der Waals surface area contributed by atoms with Gasteiger partial charge in [0.05, 0.1) is 6.54 Å². The van der Waals surface area contributed by atoms with Crippen molar-refractivity contribution >= 4 is 5.78 Å². The summed E-state index contributed by atoms with van der Waals surface area (Å²) in [5.41, 5.74) is -1.91. The number of nitrogens with zero attached hydrogens (tertiary/aromatic N) is 1. The minimum atomic E-state index is -4.64. The van der Waals surface area contributed by atoms with Gasteiger partial charge in [0.15, 0.2) is 5.78 Å². The number of carbonyl (C=O) groups is 1. The average Bonchev–Trinajstić information content (AvgIpc) is 2.29. The zero-order valence-corrected chi connectivity index (χ0v) is 10.1. The molecule has 0 aromatic carbocycles. The molecule has 0 saturated heterocycles. The van der Waals surface area contributed by atoms with Gasteiger partial charge in [-0.2, -0.15) is 13.2 Å². The van der Waals surface area contributed by atoms with Gasteiger partial charge in [-0.05, 0) is 12.5 Å². The molecule has 1 aromatic rings. The Kier molecular flexibility index (Phi) is 4.32. The Balaban J connectivity index is 3.16. The Labute approximate surface area is 102 Å². The first kappa shape index (κ1) is 14.5. The molecule has 3 nitrogen and oxygen atoms in total. The minimum Gasteiger partial charge on any atom is -0.297 e. The Bertz CT molecular complexity index is 491. The normalized spacial score (nSPS) is 13.4. The van der Waals surface area contributed by atoms with Crippen LogP contribution in [0.3, 0.4) is 0 Å². The highest BCUT2D eigenvalue weighted by Gasteiger charge is 2.34. The molecule has 1 rings (SSSR count). The van der Waals surface area contributed by atoms with Gasteiger partial charge in [0.1, 0.15) is 5.69 Å². The molecule has 1 unspecified atom stereocenters. The highest BCUT2D eigenvalue weighted by Crippen LogP contribution is 2.28. The molecule has 0 aliphatic rings. The molecule has 0 aliphatic carbocycles. The molecule has 18 heavy (non-hydrogen) atoms. The predicted molar refractivity (Wildman–Crippen MR) is 60.2 cm³/mol. The van der Waals surface area contributed by atoms with E-state index in [9.17, 15) is 22.8 Å². The first-order valence-corrected chi connectivity index (χ1v) is 5.57. The van der Waals surface area contributed by atoms with Gasteiger partial charge >= 0.3 is 6.18 Å². The van der Waals surface area contributed by atoms with E-state index < -0.39 is 24.0 Å². The quantitative estimate of drug-likeness (QED) is 0.835. The van der Waals surface area contributed by atoms with Gasteiger partial charge < -0.3 is 0 Å². The van der Waals surface area contributed by atoms with Crippen LogP contribution >= 0.6 is 0 Å². The molecular formula is C12H14F3NO2. The largest absolute Gasteiger partial charge is 0.431 e. The number of Topliss-reactive ketones (excluding diaryl/α,β-unsaturated/α-hetero) is 1. The van der Waals surface area contributed by atoms with Crippen molar-refractivity contribution in [1.82, 2.24) is 4.57 Å². The number of pyridine rings is 1. The van der Waals surface area contributed by atoms with Gasteiger partial charge in [-0.25, -0.2) is 0 Å². The number of carbonyl (C=O) groups excluding carboxylic acids is 1. The molecule has 1 heterocycles. The Morgan fingerprint density at radius 1 is 1.39 bits per heavy atom. The maximum Gasteiger partial charge on any atom is 0.431 e. The molecule has 6 heteroatoms. The van der Waals surface area contributed by atoms with E-state index in [-0.39, 0.29) is 11.7 Å². The topological polar surface area (TPSA) is 39.1 Å². The second-order valence-corrected chi connectivity index (χ2v) is 4.11. The summed E-state index contributed by atoms with van der Waals surface area (Å²) < 4.78 is 38.6. The second kappa shape index (κ2) is 5.37. The molecule has 0 radical (unpaired) electrons. The molecule has 0 N–H and O–H groups in total. The Morgan fingerprint density at radius 3 is 2.50 bits per heavy atom. The predicted octanol–water partition coefficient (Wildman–Crippen LogP) is 2.48. The van der Waals surface area contributed by atoms with Crippen molar-refractivity contribution < 1.29 is 18.0 Å². The van der Waals surface area contributed by atoms with E-state index in [0.717, 1.165) is 18.2 Å². The average molecular weight is 261 g/mol. The van der Waals surface area contributed by atoms with Gasteiger partial charge in [0.2, 0.25) is 0 Å². The molecule has 100 valence electrons. The number of halogens is 3. The standard InChI is InChI=1S/C12H14F3NO2/c1-3-8(2)9(17)7-16-10(12(13,14)15)5-4-6-11(16)18/h4-6,8H,3,7H2,1-2H3. The highest BCUT2D eigenvalue weighted by molar-refractivity contribution is 5.80. The maximum absolute atomic E-state index is 12.7.